The van der Waals surface area contributed by atoms with Crippen molar-refractivity contribution < 1.29 is 9.13 Å². The third-order valence-electron chi connectivity index (χ3n) is 4.11. The van der Waals surface area contributed by atoms with Gasteiger partial charge in [-0.15, -0.1) is 0 Å². The van der Waals surface area contributed by atoms with E-state index in [0.717, 1.165) is 41.6 Å². The van der Waals surface area contributed by atoms with E-state index in [1.165, 1.54) is 17.0 Å². The van der Waals surface area contributed by atoms with Gasteiger partial charge in [0.25, 0.3) is 5.19 Å². The maximum Gasteiger partial charge on any atom is 0.274 e. The second-order valence-electron chi connectivity index (χ2n) is 5.77. The molecule has 1 aliphatic heterocycles. The molecule has 0 saturated heterocycles. The topological polar surface area (TPSA) is 25.4 Å². The molecule has 0 fully saturated rings. The monoisotopic (exact) mass is 340 g/mol. The van der Waals surface area contributed by atoms with Crippen molar-refractivity contribution in [1.82, 2.24) is 4.98 Å². The summed E-state index contributed by atoms with van der Waals surface area (Å²) in [4.78, 5) is 8.10. The van der Waals surface area contributed by atoms with Gasteiger partial charge in [-0.1, -0.05) is 41.7 Å². The van der Waals surface area contributed by atoms with Gasteiger partial charge < -0.3 is 9.64 Å². The van der Waals surface area contributed by atoms with Gasteiger partial charge in [0.05, 0.1) is 17.1 Å². The zero-order valence-corrected chi connectivity index (χ0v) is 13.9. The second-order valence-corrected chi connectivity index (χ2v) is 6.82. The molecule has 0 unspecified atom stereocenters. The predicted molar refractivity (Wildman–Crippen MR) is 94.0 cm³/mol. The molecule has 2 aromatic carbocycles. The van der Waals surface area contributed by atoms with E-state index in [-0.39, 0.29) is 5.82 Å². The molecular weight excluding hydrogens is 323 g/mol. The second kappa shape index (κ2) is 6.61. The third kappa shape index (κ3) is 3.26. The van der Waals surface area contributed by atoms with Gasteiger partial charge in [0, 0.05) is 18.7 Å². The first-order valence-corrected chi connectivity index (χ1v) is 8.75. The summed E-state index contributed by atoms with van der Waals surface area (Å²) in [5.74, 6) is -0.203. The van der Waals surface area contributed by atoms with Crippen LogP contribution in [-0.4, -0.2) is 11.5 Å². The molecule has 0 radical (unpaired) electrons. The summed E-state index contributed by atoms with van der Waals surface area (Å²) < 4.78 is 18.9. The molecule has 24 heavy (non-hydrogen) atoms. The minimum Gasteiger partial charge on any atom is -0.465 e. The minimum atomic E-state index is -0.203. The number of hydrogen-bond acceptors (Lipinski definition) is 4. The van der Waals surface area contributed by atoms with E-state index >= 15 is 0 Å². The fourth-order valence-electron chi connectivity index (χ4n) is 2.83. The molecule has 3 nitrogen and oxygen atoms in total. The van der Waals surface area contributed by atoms with Crippen LogP contribution in [0, 0.1) is 5.82 Å². The molecule has 1 aliphatic rings. The minimum absolute atomic E-state index is 0.203. The van der Waals surface area contributed by atoms with E-state index in [2.05, 4.69) is 9.88 Å². The van der Waals surface area contributed by atoms with Crippen LogP contribution in [0.5, 0.6) is 5.19 Å². The van der Waals surface area contributed by atoms with Gasteiger partial charge in [0.1, 0.15) is 12.4 Å². The summed E-state index contributed by atoms with van der Waals surface area (Å²) in [5, 5.41) is 0.727. The molecule has 4 rings (SSSR count). The highest BCUT2D eigenvalue weighted by molar-refractivity contribution is 7.13. The van der Waals surface area contributed by atoms with Crippen LogP contribution in [0.15, 0.2) is 54.6 Å². The van der Waals surface area contributed by atoms with Crippen LogP contribution in [0.1, 0.15) is 16.1 Å². The number of aromatic nitrogens is 1. The number of thiazole rings is 1. The van der Waals surface area contributed by atoms with E-state index < -0.39 is 0 Å². The Morgan fingerprint density at radius 2 is 1.88 bits per heavy atom. The highest BCUT2D eigenvalue weighted by Gasteiger charge is 2.21. The molecule has 0 bridgehead atoms. The molecule has 5 heteroatoms. The first kappa shape index (κ1) is 15.1. The lowest BCUT2D eigenvalue weighted by atomic mass is 10.1. The Morgan fingerprint density at radius 1 is 1.08 bits per heavy atom. The number of ether oxygens (including phenoxy) is 1. The summed E-state index contributed by atoms with van der Waals surface area (Å²) in [5.41, 5.74) is 3.31. The fraction of sp³-hybridized carbons (Fsp3) is 0.211. The van der Waals surface area contributed by atoms with Crippen LogP contribution in [0.2, 0.25) is 0 Å². The summed E-state index contributed by atoms with van der Waals surface area (Å²) in [7, 11) is 0. The quantitative estimate of drug-likeness (QED) is 0.703. The Hall–Kier alpha value is -2.40. The zero-order valence-electron chi connectivity index (χ0n) is 13.1. The first-order chi connectivity index (χ1) is 11.8. The van der Waals surface area contributed by atoms with Crippen LogP contribution >= 0.6 is 11.3 Å². The standard InChI is InChI=1S/C19H17FN2OS/c20-15-6-8-16(9-7-15)22-11-10-17-18(12-22)24-19(21-17)23-13-14-4-2-1-3-5-14/h1-9H,10-13H2. The van der Waals surface area contributed by atoms with Crippen molar-refractivity contribution in [3.05, 3.63) is 76.5 Å². The van der Waals surface area contributed by atoms with E-state index in [9.17, 15) is 4.39 Å². The van der Waals surface area contributed by atoms with Crippen molar-refractivity contribution in [3.63, 3.8) is 0 Å². The number of anilines is 1. The molecule has 2 heterocycles. The normalized spacial score (nSPS) is 13.6. The number of nitrogens with zero attached hydrogens (tertiary/aromatic N) is 2. The highest BCUT2D eigenvalue weighted by Crippen LogP contribution is 2.32. The molecule has 0 saturated carbocycles. The average Bonchev–Trinajstić information content (AvgIpc) is 3.03. The van der Waals surface area contributed by atoms with Crippen LogP contribution in [0.3, 0.4) is 0 Å². The van der Waals surface area contributed by atoms with Crippen molar-refractivity contribution >= 4 is 17.0 Å². The number of rotatable bonds is 4. The van der Waals surface area contributed by atoms with Gasteiger partial charge >= 0.3 is 0 Å². The molecule has 0 amide bonds. The molecule has 0 aliphatic carbocycles. The number of benzene rings is 2. The van der Waals surface area contributed by atoms with Crippen LogP contribution in [-0.2, 0) is 19.6 Å². The summed E-state index contributed by atoms with van der Waals surface area (Å²) in [6, 6.07) is 16.8. The molecule has 0 N–H and O–H groups in total. The number of hydrogen-bond donors (Lipinski definition) is 0. The molecular formula is C19H17FN2OS. The smallest absolute Gasteiger partial charge is 0.274 e. The SMILES string of the molecule is Fc1ccc(N2CCc3nc(OCc4ccccc4)sc3C2)cc1. The summed E-state index contributed by atoms with van der Waals surface area (Å²) in [6.45, 7) is 2.22. The van der Waals surface area contributed by atoms with E-state index in [1.54, 1.807) is 11.3 Å². The van der Waals surface area contributed by atoms with Gasteiger partial charge in [-0.2, -0.15) is 0 Å². The lowest BCUT2D eigenvalue weighted by Gasteiger charge is -2.28. The van der Waals surface area contributed by atoms with E-state index in [4.69, 9.17) is 4.74 Å². The van der Waals surface area contributed by atoms with Gasteiger partial charge in [-0.25, -0.2) is 9.37 Å². The maximum atomic E-state index is 13.1. The van der Waals surface area contributed by atoms with Crippen molar-refractivity contribution in [3.8, 4) is 5.19 Å². The Balaban J connectivity index is 1.45. The van der Waals surface area contributed by atoms with Crippen molar-refractivity contribution in [1.29, 1.82) is 0 Å². The molecule has 1 aromatic heterocycles. The largest absolute Gasteiger partial charge is 0.465 e. The van der Waals surface area contributed by atoms with Crippen LogP contribution in [0.25, 0.3) is 0 Å². The molecule has 3 aromatic rings. The van der Waals surface area contributed by atoms with Gasteiger partial charge in [0.2, 0.25) is 0 Å². The Morgan fingerprint density at radius 3 is 2.67 bits per heavy atom. The summed E-state index contributed by atoms with van der Waals surface area (Å²) >= 11 is 1.61. The Labute approximate surface area is 144 Å². The van der Waals surface area contributed by atoms with Crippen LogP contribution < -0.4 is 9.64 Å². The highest BCUT2D eigenvalue weighted by atomic mass is 32.1. The summed E-state index contributed by atoms with van der Waals surface area (Å²) in [6.07, 6.45) is 0.887. The van der Waals surface area contributed by atoms with Crippen molar-refractivity contribution in [2.75, 3.05) is 11.4 Å². The van der Waals surface area contributed by atoms with Gasteiger partial charge in [-0.3, -0.25) is 0 Å². The average molecular weight is 340 g/mol. The third-order valence-corrected chi connectivity index (χ3v) is 5.10. The fourth-order valence-corrected chi connectivity index (χ4v) is 3.80. The molecule has 0 spiro atoms. The van der Waals surface area contributed by atoms with E-state index in [1.807, 2.05) is 42.5 Å². The molecule has 122 valence electrons. The first-order valence-electron chi connectivity index (χ1n) is 7.94. The lowest BCUT2D eigenvalue weighted by Crippen LogP contribution is -2.29. The Bertz CT molecular complexity index is 817. The predicted octanol–water partition coefficient (Wildman–Crippen LogP) is 4.42. The number of fused-ring (bicyclic) bond motifs is 1. The van der Waals surface area contributed by atoms with E-state index in [0.29, 0.717) is 6.61 Å². The Kier molecular flexibility index (Phi) is 4.17. The molecule has 0 atom stereocenters. The lowest BCUT2D eigenvalue weighted by molar-refractivity contribution is 0.304. The zero-order chi connectivity index (χ0) is 16.4. The maximum absolute atomic E-state index is 13.1. The van der Waals surface area contributed by atoms with Gasteiger partial charge in [-0.05, 0) is 29.8 Å². The van der Waals surface area contributed by atoms with Crippen molar-refractivity contribution in [2.24, 2.45) is 0 Å². The van der Waals surface area contributed by atoms with Crippen molar-refractivity contribution in [2.45, 2.75) is 19.6 Å². The van der Waals surface area contributed by atoms with Crippen LogP contribution in [0.4, 0.5) is 10.1 Å². The number of halogens is 1. The van der Waals surface area contributed by atoms with Gasteiger partial charge in [0.15, 0.2) is 0 Å².